The van der Waals surface area contributed by atoms with Crippen LogP contribution in [0.15, 0.2) is 24.2 Å². The van der Waals surface area contributed by atoms with Gasteiger partial charge >= 0.3 is 49.9 Å². The van der Waals surface area contributed by atoms with E-state index >= 15 is 0 Å². The molecule has 1 heteroatoms. The third-order valence-electron chi connectivity index (χ3n) is 1.25. The van der Waals surface area contributed by atoms with Gasteiger partial charge in [-0.1, -0.05) is 0 Å². The monoisotopic (exact) mass is 104 g/mol. The number of aryl methyl sites for hydroxylation is 1. The first-order chi connectivity index (χ1) is 3.93. The van der Waals surface area contributed by atoms with Crippen molar-refractivity contribution in [3.05, 3.63) is 29.6 Å². The standard InChI is InChI=1S/C7H9B/c1-2-7-5-3-4-6-8-7/h3-6H,2H2,1H3. The molecule has 1 aromatic heterocycles. The second kappa shape index (κ2) is 2.66. The van der Waals surface area contributed by atoms with E-state index in [-0.39, 0.29) is 0 Å². The second-order valence-electron chi connectivity index (χ2n) is 1.84. The van der Waals surface area contributed by atoms with Crippen LogP contribution in [0.2, 0.25) is 0 Å². The molecular weight excluding hydrogens is 94.9 g/mol. The Balaban J connectivity index is 2.83. The van der Waals surface area contributed by atoms with Crippen LogP contribution in [-0.4, -0.2) is 6.91 Å². The van der Waals surface area contributed by atoms with Crippen LogP contribution in [0, 0.1) is 0 Å². The fourth-order valence-corrected chi connectivity index (χ4v) is 0.714. The summed E-state index contributed by atoms with van der Waals surface area (Å²) in [5, 5.41) is 0. The Hall–Kier alpha value is -0.585. The topological polar surface area (TPSA) is 0 Å². The summed E-state index contributed by atoms with van der Waals surface area (Å²) in [6.07, 6.45) is 1.14. The predicted octanol–water partition coefficient (Wildman–Crippen LogP) is 1.59. The van der Waals surface area contributed by atoms with Crippen molar-refractivity contribution >= 4 is 6.91 Å². The second-order valence-corrected chi connectivity index (χ2v) is 1.84. The van der Waals surface area contributed by atoms with E-state index in [1.807, 2.05) is 6.07 Å². The van der Waals surface area contributed by atoms with E-state index in [9.17, 15) is 0 Å². The fraction of sp³-hybridized carbons (Fsp3) is 0.286. The van der Waals surface area contributed by atoms with Gasteiger partial charge in [0.05, 0.1) is 0 Å². The summed E-state index contributed by atoms with van der Waals surface area (Å²) in [7, 11) is 0. The zero-order valence-electron chi connectivity index (χ0n) is 5.09. The fourth-order valence-electron chi connectivity index (χ4n) is 0.714. The molecule has 8 heavy (non-hydrogen) atoms. The number of hydrogen-bond donors (Lipinski definition) is 0. The van der Waals surface area contributed by atoms with Crippen molar-refractivity contribution in [1.82, 2.24) is 0 Å². The third kappa shape index (κ3) is 1.19. The summed E-state index contributed by atoms with van der Waals surface area (Å²) in [5.41, 5.74) is 1.41. The van der Waals surface area contributed by atoms with Gasteiger partial charge in [-0.2, -0.15) is 0 Å². The summed E-state index contributed by atoms with van der Waals surface area (Å²) < 4.78 is 0. The van der Waals surface area contributed by atoms with Crippen LogP contribution < -0.4 is 0 Å². The van der Waals surface area contributed by atoms with Gasteiger partial charge in [0.2, 0.25) is 0 Å². The summed E-state index contributed by atoms with van der Waals surface area (Å²) in [4.78, 5) is 0. The van der Waals surface area contributed by atoms with E-state index in [4.69, 9.17) is 0 Å². The molecule has 0 aliphatic heterocycles. The summed E-state index contributed by atoms with van der Waals surface area (Å²) in [5.74, 6) is 2.07. The molecule has 0 saturated heterocycles. The molecule has 0 aliphatic carbocycles. The Morgan fingerprint density at radius 3 is 2.75 bits per heavy atom. The first kappa shape index (κ1) is 5.55. The van der Waals surface area contributed by atoms with Crippen LogP contribution in [0.1, 0.15) is 12.4 Å². The van der Waals surface area contributed by atoms with Crippen LogP contribution in [0.4, 0.5) is 0 Å². The van der Waals surface area contributed by atoms with Gasteiger partial charge in [0.15, 0.2) is 0 Å². The molecule has 0 spiro atoms. The van der Waals surface area contributed by atoms with Gasteiger partial charge in [-0.25, -0.2) is 0 Å². The Labute approximate surface area is 50.8 Å². The molecule has 1 rings (SSSR count). The SMILES string of the molecule is CCc1bcccc1. The van der Waals surface area contributed by atoms with Crippen molar-refractivity contribution in [2.75, 3.05) is 0 Å². The van der Waals surface area contributed by atoms with Crippen LogP contribution >= 0.6 is 0 Å². The van der Waals surface area contributed by atoms with Gasteiger partial charge in [-0.3, -0.25) is 0 Å². The minimum absolute atomic E-state index is 1.14. The molecule has 0 aliphatic rings. The zero-order valence-corrected chi connectivity index (χ0v) is 5.09. The van der Waals surface area contributed by atoms with Crippen LogP contribution in [-0.2, 0) is 6.42 Å². The Morgan fingerprint density at radius 2 is 2.38 bits per heavy atom. The van der Waals surface area contributed by atoms with Crippen molar-refractivity contribution < 1.29 is 0 Å². The van der Waals surface area contributed by atoms with Crippen LogP contribution in [0.25, 0.3) is 0 Å². The molecule has 40 valence electrons. The molecule has 1 heterocycles. The molecule has 0 saturated carbocycles. The molecule has 0 fully saturated rings. The Morgan fingerprint density at radius 1 is 1.50 bits per heavy atom. The van der Waals surface area contributed by atoms with E-state index in [1.54, 1.807) is 0 Å². The van der Waals surface area contributed by atoms with Gasteiger partial charge in [0.25, 0.3) is 0 Å². The van der Waals surface area contributed by atoms with E-state index in [0.717, 1.165) is 6.42 Å². The zero-order chi connectivity index (χ0) is 5.82. The minimum atomic E-state index is 1.14. The van der Waals surface area contributed by atoms with Gasteiger partial charge in [0, 0.05) is 0 Å². The van der Waals surface area contributed by atoms with Crippen molar-refractivity contribution in [1.29, 1.82) is 0 Å². The first-order valence-electron chi connectivity index (χ1n) is 2.97. The summed E-state index contributed by atoms with van der Waals surface area (Å²) >= 11 is 0. The molecule has 0 nitrogen and oxygen atoms in total. The van der Waals surface area contributed by atoms with Gasteiger partial charge in [0.1, 0.15) is 0 Å². The molecule has 0 unspecified atom stereocenters. The van der Waals surface area contributed by atoms with E-state index in [0.29, 0.717) is 0 Å². The van der Waals surface area contributed by atoms with Crippen molar-refractivity contribution in [2.45, 2.75) is 13.3 Å². The Kier molecular flexibility index (Phi) is 1.84. The summed E-state index contributed by atoms with van der Waals surface area (Å²) in [6.45, 7) is 4.30. The third-order valence-corrected chi connectivity index (χ3v) is 1.25. The van der Waals surface area contributed by atoms with Crippen LogP contribution in [0.5, 0.6) is 0 Å². The predicted molar refractivity (Wildman–Crippen MR) is 37.2 cm³/mol. The molecule has 0 aromatic carbocycles. The maximum atomic E-state index is 2.16. The Bertz CT molecular complexity index is 146. The van der Waals surface area contributed by atoms with E-state index in [1.165, 1.54) is 5.46 Å². The number of rotatable bonds is 1. The van der Waals surface area contributed by atoms with Crippen molar-refractivity contribution in [3.63, 3.8) is 0 Å². The van der Waals surface area contributed by atoms with Gasteiger partial charge in [-0.05, 0) is 0 Å². The normalized spacial score (nSPS) is 8.62. The summed E-state index contributed by atoms with van der Waals surface area (Å²) in [6, 6.07) is 6.25. The van der Waals surface area contributed by atoms with Crippen molar-refractivity contribution in [2.24, 2.45) is 0 Å². The molecular formula is C7H9B. The van der Waals surface area contributed by atoms with E-state index in [2.05, 4.69) is 31.9 Å². The maximum absolute atomic E-state index is 2.16. The quantitative estimate of drug-likeness (QED) is 0.507. The van der Waals surface area contributed by atoms with Gasteiger partial charge in [-0.15, -0.1) is 0 Å². The van der Waals surface area contributed by atoms with E-state index < -0.39 is 0 Å². The number of hydrogen-bond acceptors (Lipinski definition) is 0. The molecule has 1 aromatic rings. The average Bonchev–Trinajstić information content (AvgIpc) is 1.90. The van der Waals surface area contributed by atoms with Crippen LogP contribution in [0.3, 0.4) is 0 Å². The molecule has 0 N–H and O–H groups in total. The molecule has 0 bridgehead atoms. The van der Waals surface area contributed by atoms with Gasteiger partial charge < -0.3 is 0 Å². The first-order valence-corrected chi connectivity index (χ1v) is 2.97. The molecule has 0 radical (unpaired) electrons. The average molecular weight is 104 g/mol. The molecule has 0 amide bonds. The van der Waals surface area contributed by atoms with Crippen molar-refractivity contribution in [3.8, 4) is 0 Å². The molecule has 0 atom stereocenters.